The van der Waals surface area contributed by atoms with Gasteiger partial charge in [0.1, 0.15) is 16.6 Å². The predicted molar refractivity (Wildman–Crippen MR) is 59.8 cm³/mol. The number of halogens is 1. The molecule has 1 N–H and O–H groups in total. The molecular weight excluding hydrogens is 218 g/mol. The van der Waals surface area contributed by atoms with Crippen molar-refractivity contribution in [2.24, 2.45) is 5.41 Å². The van der Waals surface area contributed by atoms with Gasteiger partial charge in [0, 0.05) is 6.54 Å². The van der Waals surface area contributed by atoms with E-state index in [9.17, 15) is 0 Å². The average molecular weight is 230 g/mol. The summed E-state index contributed by atoms with van der Waals surface area (Å²) in [6.07, 6.45) is 0. The van der Waals surface area contributed by atoms with Crippen LogP contribution in [-0.2, 0) is 0 Å². The van der Waals surface area contributed by atoms with Crippen molar-refractivity contribution in [3.05, 3.63) is 10.0 Å². The van der Waals surface area contributed by atoms with Gasteiger partial charge < -0.3 is 5.32 Å². The van der Waals surface area contributed by atoms with E-state index >= 15 is 0 Å². The molecule has 0 bridgehead atoms. The molecule has 0 spiro atoms. The third-order valence-electron chi connectivity index (χ3n) is 1.55. The lowest BCUT2D eigenvalue weighted by atomic mass is 9.97. The van der Waals surface area contributed by atoms with E-state index in [1.807, 2.05) is 0 Å². The second-order valence-electron chi connectivity index (χ2n) is 4.20. The summed E-state index contributed by atoms with van der Waals surface area (Å²) in [6.45, 7) is 7.10. The van der Waals surface area contributed by atoms with Crippen molar-refractivity contribution >= 4 is 28.8 Å². The highest BCUT2D eigenvalue weighted by molar-refractivity contribution is 7.07. The number of hydrogen-bond donors (Lipinski definition) is 1. The summed E-state index contributed by atoms with van der Waals surface area (Å²) in [5.74, 6) is 0. The van der Waals surface area contributed by atoms with Crippen molar-refractivity contribution in [1.29, 1.82) is 5.26 Å². The summed E-state index contributed by atoms with van der Waals surface area (Å²) in [5.41, 5.74) is 0.812. The van der Waals surface area contributed by atoms with Gasteiger partial charge in [0.05, 0.1) is 0 Å². The van der Waals surface area contributed by atoms with Crippen LogP contribution in [0.25, 0.3) is 0 Å². The van der Waals surface area contributed by atoms with Crippen LogP contribution in [0, 0.1) is 16.7 Å². The maximum Gasteiger partial charge on any atom is 0.167 e. The zero-order chi connectivity index (χ0) is 10.8. The van der Waals surface area contributed by atoms with Gasteiger partial charge in [-0.3, -0.25) is 0 Å². The Kier molecular flexibility index (Phi) is 3.35. The van der Waals surface area contributed by atoms with Gasteiger partial charge in [-0.2, -0.15) is 9.64 Å². The highest BCUT2D eigenvalue weighted by atomic mass is 35.5. The molecule has 14 heavy (non-hydrogen) atoms. The van der Waals surface area contributed by atoms with E-state index in [1.54, 1.807) is 0 Å². The van der Waals surface area contributed by atoms with Crippen molar-refractivity contribution in [2.45, 2.75) is 20.8 Å². The van der Waals surface area contributed by atoms with Crippen molar-refractivity contribution in [1.82, 2.24) is 4.37 Å². The molecule has 0 aliphatic heterocycles. The molecule has 0 atom stereocenters. The fraction of sp³-hybridized carbons (Fsp3) is 0.556. The highest BCUT2D eigenvalue weighted by Gasteiger charge is 2.15. The summed E-state index contributed by atoms with van der Waals surface area (Å²) >= 11 is 6.96. The molecule has 5 heteroatoms. The van der Waals surface area contributed by atoms with Gasteiger partial charge in [0.25, 0.3) is 0 Å². The predicted octanol–water partition coefficient (Wildman–Crippen LogP) is 3.13. The van der Waals surface area contributed by atoms with Gasteiger partial charge in [-0.15, -0.1) is 0 Å². The van der Waals surface area contributed by atoms with E-state index in [0.717, 1.165) is 18.1 Å². The second kappa shape index (κ2) is 4.16. The molecule has 0 saturated carbocycles. The molecule has 76 valence electrons. The largest absolute Gasteiger partial charge is 0.380 e. The summed E-state index contributed by atoms with van der Waals surface area (Å²) in [7, 11) is 0. The monoisotopic (exact) mass is 229 g/mol. The second-order valence-corrected chi connectivity index (χ2v) is 5.33. The van der Waals surface area contributed by atoms with E-state index in [2.05, 4.69) is 36.5 Å². The van der Waals surface area contributed by atoms with Gasteiger partial charge in [-0.1, -0.05) is 32.4 Å². The lowest BCUT2D eigenvalue weighted by Gasteiger charge is -2.19. The SMILES string of the molecule is CC(C)(C)CNc1c(Cl)nsc1C#N. The standard InChI is InChI=1S/C9H12ClN3S/c1-9(2,3)5-12-7-6(4-11)14-13-8(7)10/h12H,5H2,1-3H3. The first-order chi connectivity index (χ1) is 6.44. The third kappa shape index (κ3) is 2.86. The van der Waals surface area contributed by atoms with Crippen LogP contribution in [0.4, 0.5) is 5.69 Å². The van der Waals surface area contributed by atoms with Crippen LogP contribution < -0.4 is 5.32 Å². The van der Waals surface area contributed by atoms with Crippen LogP contribution in [0.5, 0.6) is 0 Å². The van der Waals surface area contributed by atoms with Crippen LogP contribution in [0.2, 0.25) is 5.15 Å². The maximum atomic E-state index is 8.78. The molecule has 1 aromatic heterocycles. The molecule has 1 rings (SSSR count). The lowest BCUT2D eigenvalue weighted by Crippen LogP contribution is -2.19. The van der Waals surface area contributed by atoms with E-state index < -0.39 is 0 Å². The molecule has 0 aromatic carbocycles. The van der Waals surface area contributed by atoms with E-state index in [0.29, 0.717) is 15.7 Å². The molecule has 0 saturated heterocycles. The van der Waals surface area contributed by atoms with Crippen molar-refractivity contribution in [2.75, 3.05) is 11.9 Å². The fourth-order valence-corrected chi connectivity index (χ4v) is 1.74. The number of anilines is 1. The van der Waals surface area contributed by atoms with E-state index in [4.69, 9.17) is 16.9 Å². The molecule has 0 fully saturated rings. The first-order valence-corrected chi connectivity index (χ1v) is 5.38. The lowest BCUT2D eigenvalue weighted by molar-refractivity contribution is 0.443. The average Bonchev–Trinajstić information content (AvgIpc) is 2.41. The topological polar surface area (TPSA) is 48.7 Å². The van der Waals surface area contributed by atoms with E-state index in [1.165, 1.54) is 0 Å². The van der Waals surface area contributed by atoms with Crippen LogP contribution in [-0.4, -0.2) is 10.9 Å². The highest BCUT2D eigenvalue weighted by Crippen LogP contribution is 2.29. The van der Waals surface area contributed by atoms with Gasteiger partial charge in [-0.05, 0) is 16.9 Å². The maximum absolute atomic E-state index is 8.78. The van der Waals surface area contributed by atoms with Crippen LogP contribution in [0.3, 0.4) is 0 Å². The summed E-state index contributed by atoms with van der Waals surface area (Å²) in [6, 6.07) is 2.06. The first-order valence-electron chi connectivity index (χ1n) is 4.23. The van der Waals surface area contributed by atoms with Crippen molar-refractivity contribution in [3.63, 3.8) is 0 Å². The zero-order valence-electron chi connectivity index (χ0n) is 8.39. The molecule has 0 amide bonds. The van der Waals surface area contributed by atoms with E-state index in [-0.39, 0.29) is 5.41 Å². The molecule has 1 aromatic rings. The number of hydrogen-bond acceptors (Lipinski definition) is 4. The van der Waals surface area contributed by atoms with Gasteiger partial charge >= 0.3 is 0 Å². The molecule has 0 unspecified atom stereocenters. The number of nitrogens with zero attached hydrogens (tertiary/aromatic N) is 2. The van der Waals surface area contributed by atoms with Crippen molar-refractivity contribution < 1.29 is 0 Å². The number of aromatic nitrogens is 1. The molecule has 0 aliphatic carbocycles. The quantitative estimate of drug-likeness (QED) is 0.848. The minimum atomic E-state index is 0.151. The molecule has 3 nitrogen and oxygen atoms in total. The normalized spacial score (nSPS) is 11.1. The Labute approximate surface area is 92.9 Å². The number of rotatable bonds is 2. The zero-order valence-corrected chi connectivity index (χ0v) is 9.96. The van der Waals surface area contributed by atoms with Crippen LogP contribution >= 0.6 is 23.1 Å². The van der Waals surface area contributed by atoms with Crippen molar-refractivity contribution in [3.8, 4) is 6.07 Å². The minimum Gasteiger partial charge on any atom is -0.380 e. The first kappa shape index (κ1) is 11.3. The third-order valence-corrected chi connectivity index (χ3v) is 2.67. The number of nitriles is 1. The Balaban J connectivity index is 2.77. The molecule has 0 radical (unpaired) electrons. The Morgan fingerprint density at radius 3 is 2.71 bits per heavy atom. The summed E-state index contributed by atoms with van der Waals surface area (Å²) in [4.78, 5) is 0.541. The Morgan fingerprint density at radius 1 is 1.57 bits per heavy atom. The van der Waals surface area contributed by atoms with Crippen LogP contribution in [0.1, 0.15) is 25.6 Å². The number of nitrogens with one attached hydrogen (secondary N) is 1. The molecular formula is C9H12ClN3S. The Morgan fingerprint density at radius 2 is 2.21 bits per heavy atom. The Hall–Kier alpha value is -0.790. The van der Waals surface area contributed by atoms with Crippen LogP contribution in [0.15, 0.2) is 0 Å². The molecule has 1 heterocycles. The fourth-order valence-electron chi connectivity index (χ4n) is 0.854. The smallest absolute Gasteiger partial charge is 0.167 e. The summed E-state index contributed by atoms with van der Waals surface area (Å²) in [5, 5.41) is 12.3. The van der Waals surface area contributed by atoms with Gasteiger partial charge in [0.15, 0.2) is 5.15 Å². The molecule has 0 aliphatic rings. The Bertz CT molecular complexity index is 359. The van der Waals surface area contributed by atoms with Gasteiger partial charge in [0.2, 0.25) is 0 Å². The summed E-state index contributed by atoms with van der Waals surface area (Å²) < 4.78 is 3.91. The van der Waals surface area contributed by atoms with Gasteiger partial charge in [-0.25, -0.2) is 0 Å². The minimum absolute atomic E-state index is 0.151.